The van der Waals surface area contributed by atoms with Crippen LogP contribution >= 0.6 is 0 Å². The lowest BCUT2D eigenvalue weighted by molar-refractivity contribution is 0.290. The monoisotopic (exact) mass is 251 g/mol. The molecule has 1 heterocycles. The molecule has 0 amide bonds. The summed E-state index contributed by atoms with van der Waals surface area (Å²) in [7, 11) is 1.67. The Morgan fingerprint density at radius 3 is 2.89 bits per heavy atom. The van der Waals surface area contributed by atoms with Crippen molar-refractivity contribution in [2.45, 2.75) is 19.6 Å². The zero-order valence-corrected chi connectivity index (χ0v) is 10.2. The van der Waals surface area contributed by atoms with Gasteiger partial charge in [0.15, 0.2) is 6.61 Å². The van der Waals surface area contributed by atoms with Gasteiger partial charge >= 0.3 is 0 Å². The molecular weight excluding hydrogens is 237 g/mol. The number of hydrogen-bond acceptors (Lipinski definition) is 5. The van der Waals surface area contributed by atoms with Crippen LogP contribution in [-0.4, -0.2) is 20.2 Å². The number of tetrazole rings is 1. The van der Waals surface area contributed by atoms with Gasteiger partial charge in [-0.15, -0.1) is 10.2 Å². The van der Waals surface area contributed by atoms with E-state index in [4.69, 9.17) is 10.5 Å². The topological polar surface area (TPSA) is 78.9 Å². The van der Waals surface area contributed by atoms with Crippen LogP contribution in [0.4, 0.5) is 4.39 Å². The minimum absolute atomic E-state index is 0.166. The molecule has 2 rings (SSSR count). The van der Waals surface area contributed by atoms with Crippen molar-refractivity contribution in [2.24, 2.45) is 12.8 Å². The smallest absolute Gasteiger partial charge is 0.212 e. The molecule has 1 aromatic heterocycles. The van der Waals surface area contributed by atoms with Crippen molar-refractivity contribution >= 4 is 0 Å². The van der Waals surface area contributed by atoms with Crippen molar-refractivity contribution in [1.29, 1.82) is 0 Å². The quantitative estimate of drug-likeness (QED) is 0.875. The molecule has 6 nitrogen and oxygen atoms in total. The Labute approximate surface area is 104 Å². The summed E-state index contributed by atoms with van der Waals surface area (Å²) in [5, 5.41) is 11.5. The van der Waals surface area contributed by atoms with Gasteiger partial charge in [-0.25, -0.2) is 4.39 Å². The summed E-state index contributed by atoms with van der Waals surface area (Å²) in [4.78, 5) is 1.34. The first-order valence-electron chi connectivity index (χ1n) is 5.47. The highest BCUT2D eigenvalue weighted by Crippen LogP contribution is 2.25. The van der Waals surface area contributed by atoms with E-state index in [1.807, 2.05) is 0 Å². The van der Waals surface area contributed by atoms with Crippen molar-refractivity contribution in [3.8, 4) is 5.75 Å². The van der Waals surface area contributed by atoms with Crippen LogP contribution in [0.15, 0.2) is 18.2 Å². The molecule has 96 valence electrons. The van der Waals surface area contributed by atoms with E-state index in [9.17, 15) is 4.39 Å². The average Bonchev–Trinajstić information content (AvgIpc) is 2.73. The maximum Gasteiger partial charge on any atom is 0.212 e. The first-order chi connectivity index (χ1) is 8.56. The number of aromatic nitrogens is 4. The molecule has 0 unspecified atom stereocenters. The second-order valence-electron chi connectivity index (χ2n) is 3.95. The van der Waals surface area contributed by atoms with Crippen molar-refractivity contribution in [1.82, 2.24) is 20.2 Å². The lowest BCUT2D eigenvalue weighted by atomic mass is 10.1. The highest BCUT2D eigenvalue weighted by atomic mass is 19.1. The van der Waals surface area contributed by atoms with Crippen LogP contribution in [-0.2, 0) is 13.7 Å². The minimum Gasteiger partial charge on any atom is -0.485 e. The van der Waals surface area contributed by atoms with Gasteiger partial charge < -0.3 is 10.5 Å². The molecule has 2 N–H and O–H groups in total. The predicted octanol–water partition coefficient (Wildman–Crippen LogP) is 0.948. The Morgan fingerprint density at radius 1 is 1.50 bits per heavy atom. The van der Waals surface area contributed by atoms with Crippen LogP contribution in [0.5, 0.6) is 5.75 Å². The van der Waals surface area contributed by atoms with Crippen LogP contribution in [0.25, 0.3) is 0 Å². The summed E-state index contributed by atoms with van der Waals surface area (Å²) in [5.74, 6) is 0.642. The van der Waals surface area contributed by atoms with E-state index in [0.29, 0.717) is 17.1 Å². The molecule has 1 atom stereocenters. The van der Waals surface area contributed by atoms with E-state index in [2.05, 4.69) is 15.4 Å². The minimum atomic E-state index is -0.340. The van der Waals surface area contributed by atoms with E-state index in [1.54, 1.807) is 20.0 Å². The Kier molecular flexibility index (Phi) is 3.52. The molecule has 0 fully saturated rings. The molecule has 0 bridgehead atoms. The maximum atomic E-state index is 13.1. The third-order valence-electron chi connectivity index (χ3n) is 2.37. The van der Waals surface area contributed by atoms with Crippen LogP contribution in [0.2, 0.25) is 0 Å². The number of nitrogens with two attached hydrogens (primary N) is 1. The molecule has 2 aromatic rings. The molecule has 0 aliphatic heterocycles. The summed E-state index contributed by atoms with van der Waals surface area (Å²) in [6.07, 6.45) is 0. The number of benzene rings is 1. The Morgan fingerprint density at radius 2 is 2.28 bits per heavy atom. The van der Waals surface area contributed by atoms with Crippen molar-refractivity contribution in [2.75, 3.05) is 0 Å². The summed E-state index contributed by atoms with van der Waals surface area (Å²) >= 11 is 0. The summed E-state index contributed by atoms with van der Waals surface area (Å²) in [6, 6.07) is 3.92. The van der Waals surface area contributed by atoms with E-state index < -0.39 is 0 Å². The Bertz CT molecular complexity index is 540. The van der Waals surface area contributed by atoms with Gasteiger partial charge in [0, 0.05) is 11.6 Å². The summed E-state index contributed by atoms with van der Waals surface area (Å²) in [5.41, 5.74) is 6.37. The fraction of sp³-hybridized carbons (Fsp3) is 0.364. The number of ether oxygens (including phenoxy) is 1. The normalized spacial score (nSPS) is 12.4. The number of rotatable bonds is 4. The van der Waals surface area contributed by atoms with E-state index >= 15 is 0 Å². The van der Waals surface area contributed by atoms with Gasteiger partial charge in [-0.2, -0.15) is 4.80 Å². The van der Waals surface area contributed by atoms with Crippen LogP contribution in [0, 0.1) is 5.82 Å². The van der Waals surface area contributed by atoms with Crippen molar-refractivity contribution in [3.63, 3.8) is 0 Å². The Hall–Kier alpha value is -2.02. The van der Waals surface area contributed by atoms with Crippen LogP contribution < -0.4 is 10.5 Å². The summed E-state index contributed by atoms with van der Waals surface area (Å²) < 4.78 is 18.7. The zero-order chi connectivity index (χ0) is 13.1. The van der Waals surface area contributed by atoms with Gasteiger partial charge in [-0.1, -0.05) is 0 Å². The summed E-state index contributed by atoms with van der Waals surface area (Å²) in [6.45, 7) is 1.93. The first-order valence-corrected chi connectivity index (χ1v) is 5.47. The fourth-order valence-corrected chi connectivity index (χ4v) is 1.53. The third kappa shape index (κ3) is 2.80. The average molecular weight is 251 g/mol. The zero-order valence-electron chi connectivity index (χ0n) is 10.2. The largest absolute Gasteiger partial charge is 0.485 e. The van der Waals surface area contributed by atoms with Gasteiger partial charge in [0.05, 0.1) is 7.05 Å². The van der Waals surface area contributed by atoms with E-state index in [0.717, 1.165) is 0 Å². The van der Waals surface area contributed by atoms with Crippen LogP contribution in [0.3, 0.4) is 0 Å². The SMILES string of the molecule is C[C@H](N)c1cc(F)ccc1OCc1nnn(C)n1. The molecule has 0 aliphatic rings. The van der Waals surface area contributed by atoms with Gasteiger partial charge in [-0.3, -0.25) is 0 Å². The first kappa shape index (κ1) is 12.4. The molecule has 0 aliphatic carbocycles. The van der Waals surface area contributed by atoms with Crippen LogP contribution in [0.1, 0.15) is 24.4 Å². The highest BCUT2D eigenvalue weighted by Gasteiger charge is 2.11. The molecule has 0 saturated carbocycles. The van der Waals surface area contributed by atoms with Crippen molar-refractivity contribution < 1.29 is 9.13 Å². The molecule has 0 spiro atoms. The van der Waals surface area contributed by atoms with Gasteiger partial charge in [0.1, 0.15) is 11.6 Å². The second kappa shape index (κ2) is 5.09. The number of halogens is 1. The number of hydrogen-bond donors (Lipinski definition) is 1. The standard InChI is InChI=1S/C11H14FN5O/c1-7(13)9-5-8(12)3-4-10(9)18-6-11-14-16-17(2)15-11/h3-5,7H,6,13H2,1-2H3/t7-/m0/s1. The van der Waals surface area contributed by atoms with Crippen molar-refractivity contribution in [3.05, 3.63) is 35.4 Å². The highest BCUT2D eigenvalue weighted by molar-refractivity contribution is 5.36. The predicted molar refractivity (Wildman–Crippen MR) is 62.1 cm³/mol. The van der Waals surface area contributed by atoms with Gasteiger partial charge in [0.25, 0.3) is 0 Å². The van der Waals surface area contributed by atoms with E-state index in [1.165, 1.54) is 16.9 Å². The van der Waals surface area contributed by atoms with E-state index in [-0.39, 0.29) is 18.5 Å². The van der Waals surface area contributed by atoms with Gasteiger partial charge in [0.2, 0.25) is 5.82 Å². The maximum absolute atomic E-state index is 13.1. The van der Waals surface area contributed by atoms with Gasteiger partial charge in [-0.05, 0) is 30.3 Å². The second-order valence-corrected chi connectivity index (χ2v) is 3.95. The fourth-order valence-electron chi connectivity index (χ4n) is 1.53. The number of aryl methyl sites for hydroxylation is 1. The Balaban J connectivity index is 2.13. The lowest BCUT2D eigenvalue weighted by Gasteiger charge is -2.12. The molecule has 0 radical (unpaired) electrons. The lowest BCUT2D eigenvalue weighted by Crippen LogP contribution is -2.09. The number of nitrogens with zero attached hydrogens (tertiary/aromatic N) is 4. The molecule has 0 saturated heterocycles. The molecule has 18 heavy (non-hydrogen) atoms. The molecular formula is C11H14FN5O. The molecule has 7 heteroatoms. The third-order valence-corrected chi connectivity index (χ3v) is 2.37. The molecule has 1 aromatic carbocycles.